The van der Waals surface area contributed by atoms with E-state index in [9.17, 15) is 0 Å². The topological polar surface area (TPSA) is 43.0 Å². The second kappa shape index (κ2) is 8.05. The Morgan fingerprint density at radius 2 is 1.81 bits per heavy atom. The first-order valence-corrected chi connectivity index (χ1v) is 9.74. The number of benzene rings is 2. The molecular formula is C21H24N2O3S. The summed E-state index contributed by atoms with van der Waals surface area (Å²) < 4.78 is 16.7. The van der Waals surface area contributed by atoms with Gasteiger partial charge in [0.15, 0.2) is 16.6 Å². The van der Waals surface area contributed by atoms with Crippen LogP contribution in [0, 0.1) is 0 Å². The van der Waals surface area contributed by atoms with E-state index in [1.165, 1.54) is 5.56 Å². The van der Waals surface area contributed by atoms with Gasteiger partial charge in [0.1, 0.15) is 19.0 Å². The number of hydrogen-bond donors (Lipinski definition) is 1. The zero-order chi connectivity index (χ0) is 18.6. The monoisotopic (exact) mass is 384 g/mol. The Hall–Kier alpha value is -2.47. The second-order valence-electron chi connectivity index (χ2n) is 6.79. The third-order valence-electron chi connectivity index (χ3n) is 5.15. The normalized spacial score (nSPS) is 16.7. The van der Waals surface area contributed by atoms with Crippen molar-refractivity contribution >= 4 is 23.0 Å². The summed E-state index contributed by atoms with van der Waals surface area (Å²) in [5, 5.41) is 4.09. The Morgan fingerprint density at radius 1 is 1.07 bits per heavy atom. The van der Waals surface area contributed by atoms with Crippen LogP contribution < -0.4 is 19.5 Å². The van der Waals surface area contributed by atoms with Gasteiger partial charge in [0.05, 0.1) is 7.11 Å². The molecule has 0 aromatic heterocycles. The van der Waals surface area contributed by atoms with E-state index in [0.29, 0.717) is 19.1 Å². The average Bonchev–Trinajstić information content (AvgIpc) is 2.73. The Balaban J connectivity index is 1.36. The number of ether oxygens (including phenoxy) is 3. The molecule has 2 aromatic carbocycles. The van der Waals surface area contributed by atoms with E-state index >= 15 is 0 Å². The van der Waals surface area contributed by atoms with E-state index in [4.69, 9.17) is 26.4 Å². The maximum atomic E-state index is 5.64. The molecule has 0 bridgehead atoms. The number of hydrogen-bond acceptors (Lipinski definition) is 4. The number of nitrogens with one attached hydrogen (secondary N) is 1. The van der Waals surface area contributed by atoms with Crippen LogP contribution in [0.1, 0.15) is 24.3 Å². The van der Waals surface area contributed by atoms with Crippen LogP contribution in [-0.2, 0) is 0 Å². The van der Waals surface area contributed by atoms with Gasteiger partial charge in [0.2, 0.25) is 0 Å². The summed E-state index contributed by atoms with van der Waals surface area (Å²) in [5.74, 6) is 3.04. The molecule has 1 N–H and O–H groups in total. The van der Waals surface area contributed by atoms with Crippen molar-refractivity contribution in [3.05, 3.63) is 48.0 Å². The fraction of sp³-hybridized carbons (Fsp3) is 0.381. The van der Waals surface area contributed by atoms with Crippen LogP contribution in [0.2, 0.25) is 0 Å². The van der Waals surface area contributed by atoms with Crippen molar-refractivity contribution in [1.82, 2.24) is 4.90 Å². The SMILES string of the molecule is COc1ccccc1C1CCN(C(=S)Nc2ccc3c(c2)OCCO3)CC1. The molecule has 2 heterocycles. The van der Waals surface area contributed by atoms with Crippen molar-refractivity contribution < 1.29 is 14.2 Å². The summed E-state index contributed by atoms with van der Waals surface area (Å²) in [4.78, 5) is 2.23. The molecule has 5 nitrogen and oxygen atoms in total. The highest BCUT2D eigenvalue weighted by Gasteiger charge is 2.24. The van der Waals surface area contributed by atoms with Crippen LogP contribution in [0.15, 0.2) is 42.5 Å². The molecule has 0 amide bonds. The minimum atomic E-state index is 0.509. The molecule has 2 aliphatic rings. The van der Waals surface area contributed by atoms with E-state index in [1.54, 1.807) is 7.11 Å². The highest BCUT2D eigenvalue weighted by Crippen LogP contribution is 2.35. The molecule has 1 fully saturated rings. The van der Waals surface area contributed by atoms with Gasteiger partial charge in [-0.25, -0.2) is 0 Å². The summed E-state index contributed by atoms with van der Waals surface area (Å²) in [6.07, 6.45) is 2.12. The van der Waals surface area contributed by atoms with Gasteiger partial charge in [-0.15, -0.1) is 0 Å². The lowest BCUT2D eigenvalue weighted by Crippen LogP contribution is -2.40. The van der Waals surface area contributed by atoms with Crippen LogP contribution in [0.5, 0.6) is 17.2 Å². The quantitative estimate of drug-likeness (QED) is 0.806. The van der Waals surface area contributed by atoms with Crippen LogP contribution in [-0.4, -0.2) is 43.4 Å². The number of para-hydroxylation sites is 1. The van der Waals surface area contributed by atoms with Gasteiger partial charge in [-0.3, -0.25) is 0 Å². The van der Waals surface area contributed by atoms with Gasteiger partial charge < -0.3 is 24.4 Å². The summed E-state index contributed by atoms with van der Waals surface area (Å²) in [6.45, 7) is 3.04. The first-order chi connectivity index (χ1) is 13.2. The minimum Gasteiger partial charge on any atom is -0.496 e. The predicted molar refractivity (Wildman–Crippen MR) is 110 cm³/mol. The predicted octanol–water partition coefficient (Wildman–Crippen LogP) is 4.04. The highest BCUT2D eigenvalue weighted by molar-refractivity contribution is 7.80. The smallest absolute Gasteiger partial charge is 0.173 e. The molecule has 4 rings (SSSR count). The van der Waals surface area contributed by atoms with E-state index in [-0.39, 0.29) is 0 Å². The lowest BCUT2D eigenvalue weighted by molar-refractivity contribution is 0.171. The summed E-state index contributed by atoms with van der Waals surface area (Å²) in [7, 11) is 1.74. The van der Waals surface area contributed by atoms with Gasteiger partial charge in [-0.05, 0) is 54.7 Å². The number of likely N-dealkylation sites (tertiary alicyclic amines) is 1. The number of piperidine rings is 1. The maximum absolute atomic E-state index is 5.64. The van der Waals surface area contributed by atoms with Crippen molar-refractivity contribution in [2.45, 2.75) is 18.8 Å². The molecular weight excluding hydrogens is 360 g/mol. The summed E-state index contributed by atoms with van der Waals surface area (Å²) in [5.41, 5.74) is 2.22. The number of nitrogens with zero attached hydrogens (tertiary/aromatic N) is 1. The van der Waals surface area contributed by atoms with Crippen LogP contribution in [0.4, 0.5) is 5.69 Å². The molecule has 142 valence electrons. The molecule has 1 saturated heterocycles. The van der Waals surface area contributed by atoms with Crippen LogP contribution in [0.25, 0.3) is 0 Å². The zero-order valence-corrected chi connectivity index (χ0v) is 16.3. The summed E-state index contributed by atoms with van der Waals surface area (Å²) in [6, 6.07) is 14.2. The molecule has 0 spiro atoms. The molecule has 0 atom stereocenters. The minimum absolute atomic E-state index is 0.509. The number of fused-ring (bicyclic) bond motifs is 1. The standard InChI is InChI=1S/C21H24N2O3S/c1-24-18-5-3-2-4-17(18)15-8-10-23(11-9-15)21(27)22-16-6-7-19-20(14-16)26-13-12-25-19/h2-7,14-15H,8-13H2,1H3,(H,22,27). The average molecular weight is 385 g/mol. The summed E-state index contributed by atoms with van der Waals surface area (Å²) >= 11 is 5.63. The van der Waals surface area contributed by atoms with Gasteiger partial charge in [0, 0.05) is 24.8 Å². The molecule has 27 heavy (non-hydrogen) atoms. The lowest BCUT2D eigenvalue weighted by Gasteiger charge is -2.34. The van der Waals surface area contributed by atoms with Gasteiger partial charge in [-0.1, -0.05) is 18.2 Å². The number of thiocarbonyl (C=S) groups is 1. The third kappa shape index (κ3) is 3.95. The fourth-order valence-electron chi connectivity index (χ4n) is 3.72. The van der Waals surface area contributed by atoms with Crippen molar-refractivity contribution in [1.29, 1.82) is 0 Å². The largest absolute Gasteiger partial charge is 0.496 e. The van der Waals surface area contributed by atoms with Gasteiger partial charge in [-0.2, -0.15) is 0 Å². The number of anilines is 1. The molecule has 6 heteroatoms. The molecule has 0 radical (unpaired) electrons. The maximum Gasteiger partial charge on any atom is 0.173 e. The van der Waals surface area contributed by atoms with E-state index in [1.807, 2.05) is 30.3 Å². The van der Waals surface area contributed by atoms with Crippen molar-refractivity contribution in [2.24, 2.45) is 0 Å². The first-order valence-electron chi connectivity index (χ1n) is 9.33. The highest BCUT2D eigenvalue weighted by atomic mass is 32.1. The Labute approximate surface area is 165 Å². The van der Waals surface area contributed by atoms with Crippen molar-refractivity contribution in [2.75, 3.05) is 38.7 Å². The van der Waals surface area contributed by atoms with Crippen LogP contribution >= 0.6 is 12.2 Å². The van der Waals surface area contributed by atoms with E-state index in [0.717, 1.165) is 54.0 Å². The Morgan fingerprint density at radius 3 is 2.59 bits per heavy atom. The molecule has 0 unspecified atom stereocenters. The second-order valence-corrected chi connectivity index (χ2v) is 7.18. The third-order valence-corrected chi connectivity index (χ3v) is 5.51. The first kappa shape index (κ1) is 17.9. The van der Waals surface area contributed by atoms with Crippen molar-refractivity contribution in [3.8, 4) is 17.2 Å². The van der Waals surface area contributed by atoms with Crippen LogP contribution in [0.3, 0.4) is 0 Å². The molecule has 2 aromatic rings. The number of rotatable bonds is 3. The Bertz CT molecular complexity index is 819. The lowest BCUT2D eigenvalue weighted by atomic mass is 9.89. The van der Waals surface area contributed by atoms with Crippen molar-refractivity contribution in [3.63, 3.8) is 0 Å². The Kier molecular flexibility index (Phi) is 5.34. The zero-order valence-electron chi connectivity index (χ0n) is 15.4. The molecule has 0 saturated carbocycles. The molecule has 0 aliphatic carbocycles. The van der Waals surface area contributed by atoms with E-state index in [2.05, 4.69) is 22.3 Å². The van der Waals surface area contributed by atoms with E-state index < -0.39 is 0 Å². The van der Waals surface area contributed by atoms with Gasteiger partial charge in [0.25, 0.3) is 0 Å². The number of methoxy groups -OCH3 is 1. The fourth-order valence-corrected chi connectivity index (χ4v) is 4.02. The van der Waals surface area contributed by atoms with Gasteiger partial charge >= 0.3 is 0 Å². The molecule has 2 aliphatic heterocycles.